The van der Waals surface area contributed by atoms with Crippen molar-refractivity contribution in [3.63, 3.8) is 0 Å². The number of benzene rings is 1. The van der Waals surface area contributed by atoms with Crippen LogP contribution in [-0.2, 0) is 21.4 Å². The monoisotopic (exact) mass is 421 g/mol. The van der Waals surface area contributed by atoms with E-state index in [4.69, 9.17) is 34.8 Å². The molecule has 6 nitrogen and oxygen atoms in total. The maximum absolute atomic E-state index is 12.4. The minimum absolute atomic E-state index is 0.124. The standard InChI is InChI=1S/C15H14Cl3N3O3S/c1-21(9-10-3-2-4-19-7-10)14(22)8-20-25(23,24)15-12(17)5-11(16)6-13(15)18/h2-7,20H,8-9H2,1H3. The van der Waals surface area contributed by atoms with Gasteiger partial charge in [-0.15, -0.1) is 0 Å². The fourth-order valence-corrected chi connectivity index (χ4v) is 4.52. The van der Waals surface area contributed by atoms with Crippen molar-refractivity contribution >= 4 is 50.7 Å². The molecule has 0 aliphatic carbocycles. The van der Waals surface area contributed by atoms with Crippen LogP contribution >= 0.6 is 34.8 Å². The first-order valence-electron chi connectivity index (χ1n) is 6.98. The Bertz CT molecular complexity index is 853. The van der Waals surface area contributed by atoms with Crippen LogP contribution in [0.3, 0.4) is 0 Å². The number of sulfonamides is 1. The molecule has 1 aromatic heterocycles. The van der Waals surface area contributed by atoms with E-state index in [9.17, 15) is 13.2 Å². The maximum Gasteiger partial charge on any atom is 0.244 e. The Kier molecular flexibility index (Phi) is 6.65. The summed E-state index contributed by atoms with van der Waals surface area (Å²) in [5.41, 5.74) is 0.824. The van der Waals surface area contributed by atoms with E-state index in [2.05, 4.69) is 9.71 Å². The van der Waals surface area contributed by atoms with Gasteiger partial charge >= 0.3 is 0 Å². The first-order chi connectivity index (χ1) is 11.7. The van der Waals surface area contributed by atoms with E-state index in [1.807, 2.05) is 6.07 Å². The van der Waals surface area contributed by atoms with Gasteiger partial charge in [0.1, 0.15) is 4.90 Å². The molecule has 1 N–H and O–H groups in total. The quantitative estimate of drug-likeness (QED) is 0.776. The lowest BCUT2D eigenvalue weighted by Crippen LogP contribution is -2.38. The molecule has 0 atom stereocenters. The van der Waals surface area contributed by atoms with Gasteiger partial charge < -0.3 is 4.90 Å². The van der Waals surface area contributed by atoms with E-state index in [1.54, 1.807) is 25.5 Å². The van der Waals surface area contributed by atoms with Gasteiger partial charge in [0.25, 0.3) is 0 Å². The molecule has 134 valence electrons. The lowest BCUT2D eigenvalue weighted by Gasteiger charge is -2.18. The highest BCUT2D eigenvalue weighted by Gasteiger charge is 2.23. The number of nitrogens with zero attached hydrogens (tertiary/aromatic N) is 2. The number of hydrogen-bond donors (Lipinski definition) is 1. The van der Waals surface area contributed by atoms with Crippen LogP contribution in [0, 0.1) is 0 Å². The van der Waals surface area contributed by atoms with Crippen LogP contribution in [0.5, 0.6) is 0 Å². The molecule has 0 spiro atoms. The highest BCUT2D eigenvalue weighted by atomic mass is 35.5. The fraction of sp³-hybridized carbons (Fsp3) is 0.200. The zero-order valence-corrected chi connectivity index (χ0v) is 16.1. The number of carbonyl (C=O) groups is 1. The fourth-order valence-electron chi connectivity index (χ4n) is 2.00. The van der Waals surface area contributed by atoms with Crippen molar-refractivity contribution in [3.8, 4) is 0 Å². The molecule has 1 heterocycles. The molecular formula is C15H14Cl3N3O3S. The molecule has 1 aromatic carbocycles. The molecule has 2 rings (SSSR count). The Morgan fingerprint density at radius 3 is 2.44 bits per heavy atom. The van der Waals surface area contributed by atoms with Crippen LogP contribution in [0.1, 0.15) is 5.56 Å². The van der Waals surface area contributed by atoms with Crippen molar-refractivity contribution in [2.75, 3.05) is 13.6 Å². The van der Waals surface area contributed by atoms with Crippen molar-refractivity contribution in [1.82, 2.24) is 14.6 Å². The van der Waals surface area contributed by atoms with Gasteiger partial charge in [-0.05, 0) is 23.8 Å². The molecule has 0 saturated heterocycles. The van der Waals surface area contributed by atoms with Gasteiger partial charge in [0.05, 0.1) is 16.6 Å². The molecule has 0 aliphatic rings. The van der Waals surface area contributed by atoms with E-state index >= 15 is 0 Å². The third kappa shape index (κ3) is 5.29. The number of pyridine rings is 1. The van der Waals surface area contributed by atoms with Gasteiger partial charge in [0, 0.05) is 31.0 Å². The van der Waals surface area contributed by atoms with Crippen LogP contribution in [0.2, 0.25) is 15.1 Å². The molecule has 10 heteroatoms. The third-order valence-electron chi connectivity index (χ3n) is 3.21. The summed E-state index contributed by atoms with van der Waals surface area (Å²) in [5, 5.41) is -0.0384. The highest BCUT2D eigenvalue weighted by Crippen LogP contribution is 2.32. The number of halogens is 3. The van der Waals surface area contributed by atoms with Gasteiger partial charge in [0.15, 0.2) is 0 Å². The predicted octanol–water partition coefficient (Wildman–Crippen LogP) is 2.98. The minimum atomic E-state index is -4.07. The number of aromatic nitrogens is 1. The van der Waals surface area contributed by atoms with Crippen LogP contribution in [0.4, 0.5) is 0 Å². The van der Waals surface area contributed by atoms with Crippen LogP contribution in [-0.4, -0.2) is 37.8 Å². The average molecular weight is 423 g/mol. The van der Waals surface area contributed by atoms with Gasteiger partial charge in [-0.1, -0.05) is 40.9 Å². The first-order valence-corrected chi connectivity index (χ1v) is 9.59. The summed E-state index contributed by atoms with van der Waals surface area (Å²) in [6.45, 7) is -0.134. The molecule has 0 saturated carbocycles. The number of rotatable bonds is 6. The number of likely N-dealkylation sites (N-methyl/N-ethyl adjacent to an activating group) is 1. The van der Waals surface area contributed by atoms with Crippen LogP contribution in [0.15, 0.2) is 41.6 Å². The third-order valence-corrected chi connectivity index (χ3v) is 5.75. The van der Waals surface area contributed by atoms with Crippen molar-refractivity contribution in [1.29, 1.82) is 0 Å². The number of carbonyl (C=O) groups excluding carboxylic acids is 1. The SMILES string of the molecule is CN(Cc1cccnc1)C(=O)CNS(=O)(=O)c1c(Cl)cc(Cl)cc1Cl. The summed E-state index contributed by atoms with van der Waals surface area (Å²) in [4.78, 5) is 17.2. The second-order valence-electron chi connectivity index (χ2n) is 5.13. The van der Waals surface area contributed by atoms with E-state index in [0.717, 1.165) is 5.56 Å². The Hall–Kier alpha value is -1.38. The number of hydrogen-bond acceptors (Lipinski definition) is 4. The Balaban J connectivity index is 2.06. The van der Waals surface area contributed by atoms with E-state index in [-0.39, 0.29) is 20.0 Å². The minimum Gasteiger partial charge on any atom is -0.340 e. The van der Waals surface area contributed by atoms with Gasteiger partial charge in [-0.2, -0.15) is 0 Å². The summed E-state index contributed by atoms with van der Waals surface area (Å²) < 4.78 is 26.9. The topological polar surface area (TPSA) is 79.4 Å². The molecule has 0 fully saturated rings. The van der Waals surface area contributed by atoms with Gasteiger partial charge in [-0.3, -0.25) is 9.78 Å². The summed E-state index contributed by atoms with van der Waals surface area (Å²) >= 11 is 17.6. The lowest BCUT2D eigenvalue weighted by molar-refractivity contribution is -0.129. The molecular weight excluding hydrogens is 409 g/mol. The Morgan fingerprint density at radius 1 is 1.24 bits per heavy atom. The Labute approximate surface area is 160 Å². The van der Waals surface area contributed by atoms with Crippen LogP contribution < -0.4 is 4.72 Å². The first kappa shape index (κ1) is 19.9. The predicted molar refractivity (Wildman–Crippen MR) is 97.4 cm³/mol. The van der Waals surface area contributed by atoms with Crippen molar-refractivity contribution in [2.24, 2.45) is 0 Å². The lowest BCUT2D eigenvalue weighted by atomic mass is 10.3. The van der Waals surface area contributed by atoms with Gasteiger partial charge in [0.2, 0.25) is 15.9 Å². The highest BCUT2D eigenvalue weighted by molar-refractivity contribution is 7.89. The van der Waals surface area contributed by atoms with Crippen molar-refractivity contribution in [3.05, 3.63) is 57.3 Å². The van der Waals surface area contributed by atoms with Gasteiger partial charge in [-0.25, -0.2) is 13.1 Å². The summed E-state index contributed by atoms with van der Waals surface area (Å²) in [5.74, 6) is -0.423. The van der Waals surface area contributed by atoms with E-state index in [0.29, 0.717) is 6.54 Å². The largest absolute Gasteiger partial charge is 0.340 e. The summed E-state index contributed by atoms with van der Waals surface area (Å²) in [6.07, 6.45) is 3.25. The smallest absolute Gasteiger partial charge is 0.244 e. The second kappa shape index (κ2) is 8.33. The maximum atomic E-state index is 12.4. The van der Waals surface area contributed by atoms with Crippen molar-refractivity contribution < 1.29 is 13.2 Å². The number of nitrogens with one attached hydrogen (secondary N) is 1. The Morgan fingerprint density at radius 2 is 1.88 bits per heavy atom. The molecule has 25 heavy (non-hydrogen) atoms. The zero-order chi connectivity index (χ0) is 18.6. The molecule has 0 bridgehead atoms. The van der Waals surface area contributed by atoms with Crippen LogP contribution in [0.25, 0.3) is 0 Å². The zero-order valence-electron chi connectivity index (χ0n) is 13.0. The molecule has 1 amide bonds. The normalized spacial score (nSPS) is 11.4. The summed E-state index contributed by atoms with van der Waals surface area (Å²) in [7, 11) is -2.51. The second-order valence-corrected chi connectivity index (χ2v) is 8.09. The van der Waals surface area contributed by atoms with E-state index in [1.165, 1.54) is 17.0 Å². The average Bonchev–Trinajstić information content (AvgIpc) is 2.52. The molecule has 0 radical (unpaired) electrons. The molecule has 0 aliphatic heterocycles. The van der Waals surface area contributed by atoms with Crippen molar-refractivity contribution in [2.45, 2.75) is 11.4 Å². The molecule has 2 aromatic rings. The summed E-state index contributed by atoms with van der Waals surface area (Å²) in [6, 6.07) is 6.09. The molecule has 0 unspecified atom stereocenters. The number of amides is 1. The van der Waals surface area contributed by atoms with E-state index < -0.39 is 22.5 Å².